The third-order valence-corrected chi connectivity index (χ3v) is 3.24. The second-order valence-corrected chi connectivity index (χ2v) is 5.59. The number of rotatable bonds is 8. The molecule has 1 aromatic heterocycles. The van der Waals surface area contributed by atoms with Crippen molar-refractivity contribution in [2.75, 3.05) is 30.8 Å². The molecular formula is C17H24N4O. The SMILES string of the molecule is COc1ccc(CCNc2cc(NCC(C)C)ncn2)cc1. The molecule has 0 radical (unpaired) electrons. The Kier molecular flexibility index (Phi) is 6.01. The summed E-state index contributed by atoms with van der Waals surface area (Å²) in [7, 11) is 1.68. The minimum atomic E-state index is 0.585. The first-order valence-corrected chi connectivity index (χ1v) is 7.60. The third kappa shape index (κ3) is 5.24. The van der Waals surface area contributed by atoms with Crippen LogP contribution in [0, 0.1) is 5.92 Å². The van der Waals surface area contributed by atoms with Crippen LogP contribution in [0.5, 0.6) is 5.75 Å². The normalized spacial score (nSPS) is 10.5. The average molecular weight is 300 g/mol. The van der Waals surface area contributed by atoms with Gasteiger partial charge in [0.15, 0.2) is 0 Å². The van der Waals surface area contributed by atoms with Gasteiger partial charge in [-0.3, -0.25) is 0 Å². The fourth-order valence-electron chi connectivity index (χ4n) is 1.99. The van der Waals surface area contributed by atoms with Gasteiger partial charge >= 0.3 is 0 Å². The summed E-state index contributed by atoms with van der Waals surface area (Å²) in [5.74, 6) is 3.17. The number of hydrogen-bond acceptors (Lipinski definition) is 5. The zero-order valence-corrected chi connectivity index (χ0v) is 13.5. The second-order valence-electron chi connectivity index (χ2n) is 5.59. The summed E-state index contributed by atoms with van der Waals surface area (Å²) in [4.78, 5) is 8.46. The van der Waals surface area contributed by atoms with Gasteiger partial charge in [0.05, 0.1) is 7.11 Å². The number of aromatic nitrogens is 2. The number of methoxy groups -OCH3 is 1. The minimum Gasteiger partial charge on any atom is -0.497 e. The van der Waals surface area contributed by atoms with Gasteiger partial charge in [-0.05, 0) is 30.0 Å². The van der Waals surface area contributed by atoms with Crippen LogP contribution in [0.2, 0.25) is 0 Å². The molecule has 118 valence electrons. The minimum absolute atomic E-state index is 0.585. The van der Waals surface area contributed by atoms with E-state index >= 15 is 0 Å². The van der Waals surface area contributed by atoms with Crippen molar-refractivity contribution in [3.05, 3.63) is 42.2 Å². The third-order valence-electron chi connectivity index (χ3n) is 3.24. The van der Waals surface area contributed by atoms with Crippen LogP contribution in [0.4, 0.5) is 11.6 Å². The van der Waals surface area contributed by atoms with E-state index in [1.165, 1.54) is 5.56 Å². The Labute approximate surface area is 132 Å². The average Bonchev–Trinajstić information content (AvgIpc) is 2.54. The highest BCUT2D eigenvalue weighted by Crippen LogP contribution is 2.13. The summed E-state index contributed by atoms with van der Waals surface area (Å²) in [5.41, 5.74) is 1.26. The maximum atomic E-state index is 5.16. The Morgan fingerprint density at radius 3 is 2.36 bits per heavy atom. The molecule has 0 saturated carbocycles. The van der Waals surface area contributed by atoms with Gasteiger partial charge in [-0.2, -0.15) is 0 Å². The standard InChI is InChI=1S/C17H24N4O/c1-13(2)11-19-17-10-16(20-12-21-17)18-9-8-14-4-6-15(22-3)7-5-14/h4-7,10,12-13H,8-9,11H2,1-3H3,(H2,18,19,20,21). The highest BCUT2D eigenvalue weighted by atomic mass is 16.5. The van der Waals surface area contributed by atoms with Crippen molar-refractivity contribution in [2.45, 2.75) is 20.3 Å². The molecule has 0 amide bonds. The Hall–Kier alpha value is -2.30. The van der Waals surface area contributed by atoms with Gasteiger partial charge in [-0.25, -0.2) is 9.97 Å². The van der Waals surface area contributed by atoms with Crippen LogP contribution < -0.4 is 15.4 Å². The summed E-state index contributed by atoms with van der Waals surface area (Å²) in [6, 6.07) is 10.1. The highest BCUT2D eigenvalue weighted by Gasteiger charge is 2.00. The van der Waals surface area contributed by atoms with E-state index in [-0.39, 0.29) is 0 Å². The van der Waals surface area contributed by atoms with Crippen LogP contribution in [0.15, 0.2) is 36.7 Å². The molecule has 0 fully saturated rings. The Bertz CT molecular complexity index is 569. The van der Waals surface area contributed by atoms with E-state index in [1.54, 1.807) is 13.4 Å². The van der Waals surface area contributed by atoms with Crippen molar-refractivity contribution in [3.63, 3.8) is 0 Å². The molecule has 1 heterocycles. The van der Waals surface area contributed by atoms with Crippen molar-refractivity contribution in [1.82, 2.24) is 9.97 Å². The molecule has 2 rings (SSSR count). The van der Waals surface area contributed by atoms with E-state index in [0.717, 1.165) is 36.9 Å². The maximum Gasteiger partial charge on any atom is 0.131 e. The maximum absolute atomic E-state index is 5.16. The lowest BCUT2D eigenvalue weighted by atomic mass is 10.1. The van der Waals surface area contributed by atoms with Gasteiger partial charge in [-0.15, -0.1) is 0 Å². The van der Waals surface area contributed by atoms with Crippen LogP contribution in [-0.2, 0) is 6.42 Å². The number of hydrogen-bond donors (Lipinski definition) is 2. The zero-order chi connectivity index (χ0) is 15.8. The predicted molar refractivity (Wildman–Crippen MR) is 90.5 cm³/mol. The molecule has 0 bridgehead atoms. The quantitative estimate of drug-likeness (QED) is 0.784. The number of nitrogens with zero attached hydrogens (tertiary/aromatic N) is 2. The molecular weight excluding hydrogens is 276 g/mol. The number of ether oxygens (including phenoxy) is 1. The Morgan fingerprint density at radius 1 is 1.05 bits per heavy atom. The van der Waals surface area contributed by atoms with Crippen LogP contribution in [0.3, 0.4) is 0 Å². The summed E-state index contributed by atoms with van der Waals surface area (Å²) in [6.45, 7) is 6.07. The van der Waals surface area contributed by atoms with Crippen LogP contribution in [-0.4, -0.2) is 30.2 Å². The first-order valence-electron chi connectivity index (χ1n) is 7.60. The van der Waals surface area contributed by atoms with Gasteiger partial charge in [0, 0.05) is 19.2 Å². The zero-order valence-electron chi connectivity index (χ0n) is 13.5. The lowest BCUT2D eigenvalue weighted by Gasteiger charge is -2.10. The number of anilines is 2. The van der Waals surface area contributed by atoms with Crippen LogP contribution in [0.25, 0.3) is 0 Å². The van der Waals surface area contributed by atoms with E-state index in [9.17, 15) is 0 Å². The molecule has 0 atom stereocenters. The van der Waals surface area contributed by atoms with Gasteiger partial charge in [-0.1, -0.05) is 26.0 Å². The molecule has 0 aliphatic carbocycles. The highest BCUT2D eigenvalue weighted by molar-refractivity contribution is 5.46. The predicted octanol–water partition coefficient (Wildman–Crippen LogP) is 3.21. The van der Waals surface area contributed by atoms with Crippen LogP contribution >= 0.6 is 0 Å². The van der Waals surface area contributed by atoms with Crippen molar-refractivity contribution in [3.8, 4) is 5.75 Å². The fraction of sp³-hybridized carbons (Fsp3) is 0.412. The first kappa shape index (κ1) is 16.1. The monoisotopic (exact) mass is 300 g/mol. The van der Waals surface area contributed by atoms with E-state index < -0.39 is 0 Å². The van der Waals surface area contributed by atoms with Crippen LogP contribution in [0.1, 0.15) is 19.4 Å². The topological polar surface area (TPSA) is 59.1 Å². The smallest absolute Gasteiger partial charge is 0.131 e. The van der Waals surface area contributed by atoms with Crippen molar-refractivity contribution in [1.29, 1.82) is 0 Å². The molecule has 2 aromatic rings. The van der Waals surface area contributed by atoms with E-state index in [1.807, 2.05) is 18.2 Å². The molecule has 2 N–H and O–H groups in total. The molecule has 0 spiro atoms. The molecule has 0 unspecified atom stereocenters. The van der Waals surface area contributed by atoms with Gasteiger partial charge in [0.25, 0.3) is 0 Å². The van der Waals surface area contributed by atoms with E-state index in [0.29, 0.717) is 5.92 Å². The molecule has 0 saturated heterocycles. The molecule has 22 heavy (non-hydrogen) atoms. The lowest BCUT2D eigenvalue weighted by molar-refractivity contribution is 0.414. The first-order chi connectivity index (χ1) is 10.7. The lowest BCUT2D eigenvalue weighted by Crippen LogP contribution is -2.11. The number of benzene rings is 1. The van der Waals surface area contributed by atoms with Gasteiger partial charge in [0.2, 0.25) is 0 Å². The molecule has 0 aliphatic rings. The number of nitrogens with one attached hydrogen (secondary N) is 2. The summed E-state index contributed by atoms with van der Waals surface area (Å²) in [6.07, 6.45) is 2.52. The molecule has 1 aromatic carbocycles. The fourth-order valence-corrected chi connectivity index (χ4v) is 1.99. The molecule has 0 aliphatic heterocycles. The largest absolute Gasteiger partial charge is 0.497 e. The summed E-state index contributed by atoms with van der Waals surface area (Å²) >= 11 is 0. The Morgan fingerprint density at radius 2 is 1.73 bits per heavy atom. The summed E-state index contributed by atoms with van der Waals surface area (Å²) in [5, 5.41) is 6.63. The van der Waals surface area contributed by atoms with Gasteiger partial charge in [0.1, 0.15) is 23.7 Å². The van der Waals surface area contributed by atoms with Crippen molar-refractivity contribution >= 4 is 11.6 Å². The second kappa shape index (κ2) is 8.22. The van der Waals surface area contributed by atoms with Crippen molar-refractivity contribution < 1.29 is 4.74 Å². The van der Waals surface area contributed by atoms with E-state index in [2.05, 4.69) is 46.6 Å². The summed E-state index contributed by atoms with van der Waals surface area (Å²) < 4.78 is 5.16. The van der Waals surface area contributed by atoms with E-state index in [4.69, 9.17) is 4.74 Å². The Balaban J connectivity index is 1.81. The van der Waals surface area contributed by atoms with Crippen molar-refractivity contribution in [2.24, 2.45) is 5.92 Å². The molecule has 5 nitrogen and oxygen atoms in total. The van der Waals surface area contributed by atoms with Gasteiger partial charge < -0.3 is 15.4 Å². The molecule has 5 heteroatoms.